The van der Waals surface area contributed by atoms with Crippen molar-refractivity contribution in [2.75, 3.05) is 18.6 Å². The minimum absolute atomic E-state index is 0.00646. The molecule has 3 heterocycles. The number of carbonyl (C=O) groups is 2. The number of pyridine rings is 1. The van der Waals surface area contributed by atoms with Crippen molar-refractivity contribution in [2.45, 2.75) is 25.9 Å². The molecule has 1 unspecified atom stereocenters. The van der Waals surface area contributed by atoms with E-state index in [1.54, 1.807) is 0 Å². The molecule has 12 heteroatoms. The van der Waals surface area contributed by atoms with Crippen LogP contribution in [0.4, 0.5) is 14.5 Å². The molecule has 3 rings (SSSR count). The number of halogens is 1. The first-order valence-electron chi connectivity index (χ1n) is 8.64. The first-order chi connectivity index (χ1) is 13.9. The molecule has 10 nitrogen and oxygen atoms in total. The van der Waals surface area contributed by atoms with E-state index in [0.717, 1.165) is 9.21 Å². The number of urea groups is 1. The van der Waals surface area contributed by atoms with Gasteiger partial charge in [0, 0.05) is 7.05 Å². The number of hydrogen-bond donors (Lipinski definition) is 1. The minimum Gasteiger partial charge on any atom is -0.476 e. The fourth-order valence-electron chi connectivity index (χ4n) is 2.95. The predicted molar refractivity (Wildman–Crippen MR) is 106 cm³/mol. The zero-order valence-electron chi connectivity index (χ0n) is 15.8. The van der Waals surface area contributed by atoms with Gasteiger partial charge in [-0.3, -0.25) is 9.79 Å². The lowest BCUT2D eigenvalue weighted by molar-refractivity contribution is 0.0990. The Hall–Kier alpha value is -3.15. The molecule has 3 amide bonds. The Morgan fingerprint density at radius 3 is 2.86 bits per heavy atom. The number of aromatic nitrogens is 1. The Balaban J connectivity index is 2.26. The summed E-state index contributed by atoms with van der Waals surface area (Å²) in [6.07, 6.45) is 0.864. The van der Waals surface area contributed by atoms with Crippen LogP contribution in [0.3, 0.4) is 0 Å². The van der Waals surface area contributed by atoms with Crippen molar-refractivity contribution in [2.24, 2.45) is 15.7 Å². The van der Waals surface area contributed by atoms with Crippen molar-refractivity contribution in [1.29, 1.82) is 0 Å². The molecule has 0 aromatic carbocycles. The molecule has 2 aliphatic heterocycles. The summed E-state index contributed by atoms with van der Waals surface area (Å²) in [5.41, 5.74) is 5.56. The summed E-state index contributed by atoms with van der Waals surface area (Å²) in [7, 11) is 1.40. The number of anilines is 1. The van der Waals surface area contributed by atoms with Gasteiger partial charge in [0.15, 0.2) is 23.9 Å². The second-order valence-electron chi connectivity index (χ2n) is 6.15. The molecule has 1 atom stereocenters. The van der Waals surface area contributed by atoms with Crippen LogP contribution >= 0.6 is 12.3 Å². The number of aliphatic imine (C=N–C) groups is 2. The predicted octanol–water partition coefficient (Wildman–Crippen LogP) is 2.43. The molecule has 2 N–H and O–H groups in total. The van der Waals surface area contributed by atoms with E-state index in [1.807, 2.05) is 6.92 Å². The quantitative estimate of drug-likeness (QED) is 0.590. The minimum atomic E-state index is -0.784. The molecule has 2 bridgehead atoms. The van der Waals surface area contributed by atoms with Gasteiger partial charge < -0.3 is 15.2 Å². The average Bonchev–Trinajstić information content (AvgIpc) is 2.98. The van der Waals surface area contributed by atoms with Gasteiger partial charge in [0.05, 0.1) is 12.7 Å². The van der Waals surface area contributed by atoms with Gasteiger partial charge in [-0.2, -0.15) is 9.29 Å². The number of nitrogens with two attached hydrogens (primary N) is 1. The molecule has 0 spiro atoms. The molecule has 2 aliphatic rings. The van der Waals surface area contributed by atoms with E-state index in [1.165, 1.54) is 19.2 Å². The monoisotopic (exact) mass is 422 g/mol. The third-order valence-corrected chi connectivity index (χ3v) is 4.73. The second-order valence-corrected chi connectivity index (χ2v) is 6.65. The molecule has 29 heavy (non-hydrogen) atoms. The van der Waals surface area contributed by atoms with Crippen LogP contribution in [0.5, 0.6) is 5.88 Å². The van der Waals surface area contributed by atoms with Gasteiger partial charge in [0.1, 0.15) is 11.4 Å². The van der Waals surface area contributed by atoms with Crippen molar-refractivity contribution in [3.63, 3.8) is 0 Å². The fourth-order valence-corrected chi connectivity index (χ4v) is 3.32. The molecule has 1 aromatic heterocycles. The lowest BCUT2D eigenvalue weighted by Gasteiger charge is -2.21. The van der Waals surface area contributed by atoms with E-state index in [9.17, 15) is 13.5 Å². The van der Waals surface area contributed by atoms with E-state index in [-0.39, 0.29) is 59.7 Å². The third kappa shape index (κ3) is 3.75. The summed E-state index contributed by atoms with van der Waals surface area (Å²) in [6.45, 7) is 5.55. The zero-order valence-corrected chi connectivity index (χ0v) is 16.6. The maximum atomic E-state index is 13.5. The van der Waals surface area contributed by atoms with Crippen LogP contribution < -0.4 is 15.4 Å². The molecular formula is C17H19FN6O4S. The van der Waals surface area contributed by atoms with Gasteiger partial charge in [-0.25, -0.2) is 14.7 Å². The smallest absolute Gasteiger partial charge is 0.348 e. The molecule has 0 radical (unpaired) electrons. The Kier molecular flexibility index (Phi) is 6.01. The maximum absolute atomic E-state index is 13.5. The van der Waals surface area contributed by atoms with Crippen molar-refractivity contribution >= 4 is 42.6 Å². The summed E-state index contributed by atoms with van der Waals surface area (Å²) in [5.74, 6) is -0.702. The summed E-state index contributed by atoms with van der Waals surface area (Å²) in [4.78, 5) is 37.9. The molecule has 154 valence electrons. The Morgan fingerprint density at radius 1 is 1.48 bits per heavy atom. The normalized spacial score (nSPS) is 23.6. The lowest BCUT2D eigenvalue weighted by atomic mass is 10.2. The number of fused-ring (bicyclic) bond motifs is 4. The van der Waals surface area contributed by atoms with E-state index < -0.39 is 11.9 Å². The third-order valence-electron chi connectivity index (χ3n) is 4.27. The SMILES string of the molecule is C=N/C1=C2\C(=NC)N(SF)C(=O)N2c2ccc(C(N)=O)c(n2)OC(C)CCCO1. The molecular weight excluding hydrogens is 403 g/mol. The molecule has 0 saturated carbocycles. The number of primary amides is 1. The van der Waals surface area contributed by atoms with E-state index in [4.69, 9.17) is 15.2 Å². The van der Waals surface area contributed by atoms with Crippen LogP contribution in [0.15, 0.2) is 33.7 Å². The Labute approximate surface area is 170 Å². The molecule has 1 aromatic rings. The average molecular weight is 422 g/mol. The van der Waals surface area contributed by atoms with Crippen molar-refractivity contribution < 1.29 is 22.9 Å². The van der Waals surface area contributed by atoms with E-state index in [0.29, 0.717) is 12.8 Å². The number of hydrogen-bond acceptors (Lipinski definition) is 8. The summed E-state index contributed by atoms with van der Waals surface area (Å²) < 4.78 is 25.8. The Bertz CT molecular complexity index is 921. The highest BCUT2D eigenvalue weighted by atomic mass is 32.2. The second kappa shape index (κ2) is 8.47. The van der Waals surface area contributed by atoms with Gasteiger partial charge >= 0.3 is 6.03 Å². The largest absolute Gasteiger partial charge is 0.476 e. The van der Waals surface area contributed by atoms with Crippen LogP contribution in [0, 0.1) is 0 Å². The standard InChI is InChI=1S/C17H19FN6O4S/c1-9-5-4-8-27-16(21-3)12-14(20-2)24(29-18)17(26)23(12)11-7-6-10(13(19)25)15(22-11)28-9/h6-7,9H,3-5,8H2,1-2H3,(H2,19,25)/b16-12-,20-14?. The van der Waals surface area contributed by atoms with Crippen molar-refractivity contribution in [3.05, 3.63) is 29.3 Å². The number of ether oxygens (including phenoxy) is 2. The van der Waals surface area contributed by atoms with Crippen LogP contribution in [0.1, 0.15) is 30.1 Å². The molecule has 0 aliphatic carbocycles. The number of nitrogens with zero attached hydrogens (tertiary/aromatic N) is 5. The number of amides is 3. The van der Waals surface area contributed by atoms with Gasteiger partial charge in [0.25, 0.3) is 5.91 Å². The first kappa shape index (κ1) is 20.6. The lowest BCUT2D eigenvalue weighted by Crippen LogP contribution is -2.29. The van der Waals surface area contributed by atoms with Gasteiger partial charge in [-0.05, 0) is 38.6 Å². The summed E-state index contributed by atoms with van der Waals surface area (Å²) in [6, 6.07) is 1.99. The molecule has 1 fully saturated rings. The van der Waals surface area contributed by atoms with Crippen LogP contribution in [0.25, 0.3) is 0 Å². The number of amidine groups is 1. The first-order valence-corrected chi connectivity index (χ1v) is 9.31. The van der Waals surface area contributed by atoms with Gasteiger partial charge in [0.2, 0.25) is 11.8 Å². The van der Waals surface area contributed by atoms with Crippen molar-refractivity contribution in [1.82, 2.24) is 9.29 Å². The Morgan fingerprint density at radius 2 is 2.24 bits per heavy atom. The zero-order chi connectivity index (χ0) is 21.1. The van der Waals surface area contributed by atoms with Gasteiger partial charge in [-0.15, -0.1) is 3.89 Å². The van der Waals surface area contributed by atoms with E-state index in [2.05, 4.69) is 21.7 Å². The van der Waals surface area contributed by atoms with E-state index >= 15 is 0 Å². The fraction of sp³-hybridized carbons (Fsp3) is 0.353. The van der Waals surface area contributed by atoms with Crippen molar-refractivity contribution in [3.8, 4) is 5.88 Å². The highest BCUT2D eigenvalue weighted by Crippen LogP contribution is 2.36. The van der Waals surface area contributed by atoms with Crippen LogP contribution in [0.2, 0.25) is 0 Å². The summed E-state index contributed by atoms with van der Waals surface area (Å²) in [5, 5.41) is 0. The summed E-state index contributed by atoms with van der Waals surface area (Å²) >= 11 is -0.316. The number of rotatable bonds is 3. The van der Waals surface area contributed by atoms with Crippen LogP contribution in [-0.4, -0.2) is 53.5 Å². The number of carbonyl (C=O) groups excluding carboxylic acids is 2. The maximum Gasteiger partial charge on any atom is 0.348 e. The highest BCUT2D eigenvalue weighted by Gasteiger charge is 2.45. The molecule has 1 saturated heterocycles. The topological polar surface area (TPSA) is 123 Å². The highest BCUT2D eigenvalue weighted by molar-refractivity contribution is 7.93. The van der Waals surface area contributed by atoms with Crippen LogP contribution in [-0.2, 0) is 4.74 Å². The van der Waals surface area contributed by atoms with Gasteiger partial charge in [-0.1, -0.05) is 0 Å².